The Hall–Kier alpha value is -1.94. The summed E-state index contributed by atoms with van der Waals surface area (Å²) >= 11 is 0. The molecule has 0 spiro atoms. The molecule has 0 aliphatic heterocycles. The van der Waals surface area contributed by atoms with Gasteiger partial charge in [0.1, 0.15) is 0 Å². The Morgan fingerprint density at radius 1 is 1.12 bits per heavy atom. The Morgan fingerprint density at radius 2 is 1.79 bits per heavy atom. The summed E-state index contributed by atoms with van der Waals surface area (Å²) in [7, 11) is -0.469. The highest BCUT2D eigenvalue weighted by molar-refractivity contribution is 7.86. The first-order valence-electron chi connectivity index (χ1n) is 7.91. The molecule has 0 radical (unpaired) electrons. The first-order chi connectivity index (χ1) is 11.4. The molecule has 24 heavy (non-hydrogen) atoms. The number of likely N-dealkylation sites (N-methyl/N-ethyl adjacent to an activating group) is 1. The summed E-state index contributed by atoms with van der Waals surface area (Å²) < 4.78 is 27.8. The average Bonchev–Trinajstić information content (AvgIpc) is 2.58. The van der Waals surface area contributed by atoms with E-state index in [4.69, 9.17) is 5.26 Å². The van der Waals surface area contributed by atoms with Gasteiger partial charge in [0.25, 0.3) is 10.2 Å². The highest BCUT2D eigenvalue weighted by Crippen LogP contribution is 2.20. The van der Waals surface area contributed by atoms with Gasteiger partial charge in [-0.25, -0.2) is 0 Å². The van der Waals surface area contributed by atoms with E-state index in [1.54, 1.807) is 14.0 Å². The van der Waals surface area contributed by atoms with Gasteiger partial charge < -0.3 is 0 Å². The van der Waals surface area contributed by atoms with Gasteiger partial charge in [-0.1, -0.05) is 42.5 Å². The lowest BCUT2D eigenvalue weighted by atomic mass is 10.0. The second-order valence-corrected chi connectivity index (χ2v) is 8.04. The van der Waals surface area contributed by atoms with Crippen molar-refractivity contribution in [2.24, 2.45) is 0 Å². The summed E-state index contributed by atoms with van der Waals surface area (Å²) in [6, 6.07) is 15.8. The maximum absolute atomic E-state index is 12.6. The normalized spacial score (nSPS) is 13.3. The maximum atomic E-state index is 12.6. The quantitative estimate of drug-likeness (QED) is 0.775. The summed E-state index contributed by atoms with van der Waals surface area (Å²) in [6.45, 7) is 2.12. The number of benzene rings is 2. The summed E-state index contributed by atoms with van der Waals surface area (Å²) in [6.07, 6.45) is 0.810. The molecule has 128 valence electrons. The van der Waals surface area contributed by atoms with Crippen molar-refractivity contribution in [3.05, 3.63) is 48.0 Å². The molecule has 0 saturated heterocycles. The van der Waals surface area contributed by atoms with Crippen molar-refractivity contribution >= 4 is 21.0 Å². The van der Waals surface area contributed by atoms with E-state index in [-0.39, 0.29) is 12.5 Å². The van der Waals surface area contributed by atoms with E-state index in [1.807, 2.05) is 30.3 Å². The molecule has 2 aromatic carbocycles. The fourth-order valence-electron chi connectivity index (χ4n) is 2.61. The lowest BCUT2D eigenvalue weighted by molar-refractivity contribution is 0.348. The van der Waals surface area contributed by atoms with Crippen LogP contribution in [0.5, 0.6) is 0 Å². The van der Waals surface area contributed by atoms with Gasteiger partial charge in [0.05, 0.1) is 12.5 Å². The molecule has 1 unspecified atom stereocenters. The summed E-state index contributed by atoms with van der Waals surface area (Å²) in [5, 5.41) is 11.1. The van der Waals surface area contributed by atoms with E-state index in [0.29, 0.717) is 13.0 Å². The van der Waals surface area contributed by atoms with Gasteiger partial charge in [-0.15, -0.1) is 0 Å². The van der Waals surface area contributed by atoms with Gasteiger partial charge in [-0.2, -0.15) is 22.3 Å². The van der Waals surface area contributed by atoms with Crippen LogP contribution < -0.4 is 0 Å². The molecule has 2 rings (SSSR count). The lowest BCUT2D eigenvalue weighted by Gasteiger charge is -2.28. The van der Waals surface area contributed by atoms with Crippen molar-refractivity contribution < 1.29 is 8.42 Å². The van der Waals surface area contributed by atoms with Crippen molar-refractivity contribution in [2.45, 2.75) is 25.8 Å². The number of hydrogen-bond donors (Lipinski definition) is 0. The SMILES string of the molecule is CC(CC#N)N(C)S(=O)(=O)N(C)CCc1cccc2ccccc12. The molecule has 0 bridgehead atoms. The van der Waals surface area contributed by atoms with E-state index >= 15 is 0 Å². The minimum Gasteiger partial charge on any atom is -0.198 e. The van der Waals surface area contributed by atoms with Crippen LogP contribution in [-0.4, -0.2) is 43.7 Å². The zero-order valence-corrected chi connectivity index (χ0v) is 15.1. The van der Waals surface area contributed by atoms with E-state index in [0.717, 1.165) is 16.3 Å². The number of rotatable bonds is 7. The minimum absolute atomic E-state index is 0.174. The third-order valence-corrected chi connectivity index (χ3v) is 6.40. The molecule has 0 aliphatic rings. The van der Waals surface area contributed by atoms with Gasteiger partial charge in [0.2, 0.25) is 0 Å². The Labute approximate surface area is 144 Å². The smallest absolute Gasteiger partial charge is 0.198 e. The third-order valence-electron chi connectivity index (χ3n) is 4.34. The molecular weight excluding hydrogens is 322 g/mol. The minimum atomic E-state index is -3.57. The van der Waals surface area contributed by atoms with Crippen LogP contribution in [0, 0.1) is 11.3 Å². The molecule has 5 nitrogen and oxygen atoms in total. The van der Waals surface area contributed by atoms with Gasteiger partial charge in [-0.3, -0.25) is 0 Å². The number of hydrogen-bond acceptors (Lipinski definition) is 3. The van der Waals surface area contributed by atoms with E-state index < -0.39 is 10.2 Å². The topological polar surface area (TPSA) is 64.4 Å². The highest BCUT2D eigenvalue weighted by atomic mass is 32.2. The van der Waals surface area contributed by atoms with E-state index in [9.17, 15) is 8.42 Å². The van der Waals surface area contributed by atoms with Crippen LogP contribution in [0.3, 0.4) is 0 Å². The Morgan fingerprint density at radius 3 is 2.50 bits per heavy atom. The molecule has 0 N–H and O–H groups in total. The largest absolute Gasteiger partial charge is 0.281 e. The third kappa shape index (κ3) is 3.93. The molecule has 1 atom stereocenters. The molecule has 2 aromatic rings. The Kier molecular flexibility index (Phi) is 5.94. The average molecular weight is 345 g/mol. The zero-order chi connectivity index (χ0) is 17.7. The van der Waals surface area contributed by atoms with Crippen molar-refractivity contribution in [1.82, 2.24) is 8.61 Å². The number of fused-ring (bicyclic) bond motifs is 1. The predicted octanol–water partition coefficient (Wildman–Crippen LogP) is 2.79. The van der Waals surface area contributed by atoms with Crippen molar-refractivity contribution in [2.75, 3.05) is 20.6 Å². The van der Waals surface area contributed by atoms with Crippen LogP contribution in [0.25, 0.3) is 10.8 Å². The molecule has 0 aliphatic carbocycles. The molecule has 0 aromatic heterocycles. The van der Waals surface area contributed by atoms with Crippen LogP contribution in [0.2, 0.25) is 0 Å². The first-order valence-corrected chi connectivity index (χ1v) is 9.30. The van der Waals surface area contributed by atoms with E-state index in [1.165, 1.54) is 15.7 Å². The van der Waals surface area contributed by atoms with Crippen molar-refractivity contribution in [3.8, 4) is 6.07 Å². The number of nitrogens with zero attached hydrogens (tertiary/aromatic N) is 3. The number of nitriles is 1. The fourth-order valence-corrected chi connectivity index (χ4v) is 3.90. The summed E-state index contributed by atoms with van der Waals surface area (Å²) in [5.41, 5.74) is 1.13. The fraction of sp³-hybridized carbons (Fsp3) is 0.389. The molecule has 6 heteroatoms. The van der Waals surface area contributed by atoms with Crippen LogP contribution in [0.15, 0.2) is 42.5 Å². The van der Waals surface area contributed by atoms with Crippen LogP contribution in [0.1, 0.15) is 18.9 Å². The monoisotopic (exact) mass is 345 g/mol. The Bertz CT molecular complexity index is 837. The van der Waals surface area contributed by atoms with Crippen LogP contribution in [0.4, 0.5) is 0 Å². The van der Waals surface area contributed by atoms with Crippen molar-refractivity contribution in [1.29, 1.82) is 5.26 Å². The molecule has 0 amide bonds. The van der Waals surface area contributed by atoms with Gasteiger partial charge >= 0.3 is 0 Å². The maximum Gasteiger partial charge on any atom is 0.281 e. The van der Waals surface area contributed by atoms with Gasteiger partial charge in [-0.05, 0) is 29.7 Å². The van der Waals surface area contributed by atoms with E-state index in [2.05, 4.69) is 18.2 Å². The lowest BCUT2D eigenvalue weighted by Crippen LogP contribution is -2.44. The van der Waals surface area contributed by atoms with Gasteiger partial charge in [0, 0.05) is 26.7 Å². The summed E-state index contributed by atoms with van der Waals surface area (Å²) in [5.74, 6) is 0. The molecule has 0 saturated carbocycles. The second kappa shape index (κ2) is 7.75. The van der Waals surface area contributed by atoms with Crippen LogP contribution >= 0.6 is 0 Å². The first kappa shape index (κ1) is 18.4. The molecular formula is C18H23N3O2S. The Balaban J connectivity index is 2.12. The van der Waals surface area contributed by atoms with Crippen LogP contribution in [-0.2, 0) is 16.6 Å². The standard InChI is InChI=1S/C18H23N3O2S/c1-15(11-13-19)21(3)24(22,23)20(2)14-12-17-9-6-8-16-7-4-5-10-18(16)17/h4-10,15H,11-12,14H2,1-3H3. The molecule has 0 fully saturated rings. The second-order valence-electron chi connectivity index (χ2n) is 5.95. The van der Waals surface area contributed by atoms with Crippen molar-refractivity contribution in [3.63, 3.8) is 0 Å². The predicted molar refractivity (Wildman–Crippen MR) is 96.7 cm³/mol. The zero-order valence-electron chi connectivity index (χ0n) is 14.3. The molecule has 0 heterocycles. The summed E-state index contributed by atoms with van der Waals surface area (Å²) in [4.78, 5) is 0. The highest BCUT2D eigenvalue weighted by Gasteiger charge is 2.27. The van der Waals surface area contributed by atoms with Gasteiger partial charge in [0.15, 0.2) is 0 Å².